The fraction of sp³-hybridized carbons (Fsp3) is 0.875. The zero-order valence-electron chi connectivity index (χ0n) is 14.1. The molecule has 0 amide bonds. The molecule has 0 N–H and O–H groups in total. The van der Waals surface area contributed by atoms with Crippen LogP contribution in [-0.2, 0) is 19.1 Å². The number of carbonyl (C=O) groups is 2. The fourth-order valence-electron chi connectivity index (χ4n) is 1.79. The zero-order valence-corrected chi connectivity index (χ0v) is 15.7. The lowest BCUT2D eigenvalue weighted by atomic mass is 10.2. The van der Waals surface area contributed by atoms with Gasteiger partial charge in [-0.15, -0.1) is 0 Å². The molecule has 22 heavy (non-hydrogen) atoms. The largest absolute Gasteiger partial charge is 0.466 e. The van der Waals surface area contributed by atoms with Gasteiger partial charge in [-0.3, -0.25) is 9.59 Å². The van der Waals surface area contributed by atoms with Gasteiger partial charge in [0, 0.05) is 24.9 Å². The van der Waals surface area contributed by atoms with Crippen molar-refractivity contribution in [2.75, 3.05) is 19.0 Å². The van der Waals surface area contributed by atoms with Crippen LogP contribution in [0, 0.1) is 0 Å². The molecule has 0 saturated carbocycles. The van der Waals surface area contributed by atoms with E-state index < -0.39 is 0 Å². The van der Waals surface area contributed by atoms with Gasteiger partial charge in [-0.05, 0) is 32.1 Å². The Kier molecular flexibility index (Phi) is 15.3. The first-order valence-corrected chi connectivity index (χ1v) is 10.5. The minimum absolute atomic E-state index is 0.186. The van der Waals surface area contributed by atoms with Gasteiger partial charge in [0.15, 0.2) is 0 Å². The fourth-order valence-corrected chi connectivity index (χ4v) is 4.34. The van der Waals surface area contributed by atoms with Crippen LogP contribution in [0.2, 0.25) is 0 Å². The Hall–Kier alpha value is -0.360. The second-order valence-electron chi connectivity index (χ2n) is 5.32. The van der Waals surface area contributed by atoms with Gasteiger partial charge < -0.3 is 9.47 Å². The van der Waals surface area contributed by atoms with Gasteiger partial charge in [0.25, 0.3) is 0 Å². The van der Waals surface area contributed by atoms with E-state index in [1.807, 2.05) is 21.6 Å². The van der Waals surface area contributed by atoms with Gasteiger partial charge in [0.2, 0.25) is 0 Å². The van der Waals surface area contributed by atoms with Gasteiger partial charge in [0.05, 0.1) is 13.2 Å². The minimum atomic E-state index is -0.189. The molecule has 0 aliphatic rings. The van der Waals surface area contributed by atoms with Crippen molar-refractivity contribution in [3.05, 3.63) is 0 Å². The first-order valence-electron chi connectivity index (χ1n) is 8.07. The first-order chi connectivity index (χ1) is 10.5. The lowest BCUT2D eigenvalue weighted by molar-refractivity contribution is -0.142. The van der Waals surface area contributed by atoms with E-state index >= 15 is 0 Å². The van der Waals surface area contributed by atoms with E-state index in [0.29, 0.717) is 18.5 Å². The summed E-state index contributed by atoms with van der Waals surface area (Å²) in [6, 6.07) is 0. The van der Waals surface area contributed by atoms with Crippen molar-refractivity contribution in [3.8, 4) is 0 Å². The van der Waals surface area contributed by atoms with Crippen LogP contribution in [0.15, 0.2) is 0 Å². The number of unbranched alkanes of at least 4 members (excludes halogenated alkanes) is 4. The van der Waals surface area contributed by atoms with Crippen molar-refractivity contribution in [1.82, 2.24) is 0 Å². The second kappa shape index (κ2) is 15.5. The summed E-state index contributed by atoms with van der Waals surface area (Å²) in [4.78, 5) is 21.2. The zero-order chi connectivity index (χ0) is 16.6. The first kappa shape index (κ1) is 21.6. The number of esters is 2. The molecule has 0 saturated heterocycles. The molecule has 0 aromatic heterocycles. The number of rotatable bonds is 14. The average Bonchev–Trinajstić information content (AvgIpc) is 2.44. The van der Waals surface area contributed by atoms with Gasteiger partial charge in [-0.25, -0.2) is 0 Å². The molecule has 1 unspecified atom stereocenters. The molecule has 0 rings (SSSR count). The normalized spacial score (nSPS) is 12.0. The van der Waals surface area contributed by atoms with Crippen LogP contribution < -0.4 is 0 Å². The minimum Gasteiger partial charge on any atom is -0.466 e. The molecule has 0 spiro atoms. The number of ether oxygens (including phenoxy) is 2. The van der Waals surface area contributed by atoms with Gasteiger partial charge in [-0.2, -0.15) is 0 Å². The lowest BCUT2D eigenvalue weighted by Crippen LogP contribution is -2.02. The van der Waals surface area contributed by atoms with Crippen LogP contribution in [0.1, 0.15) is 65.7 Å². The maximum Gasteiger partial charge on any atom is 0.302 e. The topological polar surface area (TPSA) is 52.6 Å². The van der Waals surface area contributed by atoms with Crippen molar-refractivity contribution >= 4 is 33.5 Å². The summed E-state index contributed by atoms with van der Waals surface area (Å²) in [6.45, 7) is 6.26. The highest BCUT2D eigenvalue weighted by Gasteiger charge is 2.03. The lowest BCUT2D eigenvalue weighted by Gasteiger charge is -2.10. The Morgan fingerprint density at radius 1 is 0.864 bits per heavy atom. The summed E-state index contributed by atoms with van der Waals surface area (Å²) in [5.74, 6) is 0.801. The van der Waals surface area contributed by atoms with Gasteiger partial charge >= 0.3 is 11.9 Å². The van der Waals surface area contributed by atoms with Crippen LogP contribution in [0.3, 0.4) is 0 Å². The molecule has 0 aromatic rings. The second-order valence-corrected chi connectivity index (χ2v) is 8.24. The standard InChI is InChI=1S/C16H30O4S2/c1-14(10-6-8-12-20-16(3)18)22-21-13-9-5-4-7-11-19-15(2)17/h14H,4-13H2,1-3H3. The van der Waals surface area contributed by atoms with Crippen molar-refractivity contribution in [2.45, 2.75) is 71.0 Å². The maximum atomic E-state index is 10.6. The third kappa shape index (κ3) is 17.7. The average molecular weight is 351 g/mol. The van der Waals surface area contributed by atoms with Crippen molar-refractivity contribution in [3.63, 3.8) is 0 Å². The number of hydrogen-bond donors (Lipinski definition) is 0. The predicted molar refractivity (Wildman–Crippen MR) is 95.1 cm³/mol. The highest BCUT2D eigenvalue weighted by Crippen LogP contribution is 2.30. The predicted octanol–water partition coefficient (Wildman–Crippen LogP) is 4.61. The van der Waals surface area contributed by atoms with E-state index in [-0.39, 0.29) is 11.9 Å². The monoisotopic (exact) mass is 350 g/mol. The molecular formula is C16H30O4S2. The molecular weight excluding hydrogens is 320 g/mol. The highest BCUT2D eigenvalue weighted by molar-refractivity contribution is 8.76. The molecule has 130 valence electrons. The summed E-state index contributed by atoms with van der Waals surface area (Å²) < 4.78 is 9.80. The molecule has 0 aromatic carbocycles. The summed E-state index contributed by atoms with van der Waals surface area (Å²) >= 11 is 0. The Morgan fingerprint density at radius 3 is 2.00 bits per heavy atom. The molecule has 0 bridgehead atoms. The third-order valence-corrected chi connectivity index (χ3v) is 6.02. The maximum absolute atomic E-state index is 10.6. The Balaban J connectivity index is 3.19. The summed E-state index contributed by atoms with van der Waals surface area (Å²) in [5.41, 5.74) is 0. The molecule has 0 heterocycles. The van der Waals surface area contributed by atoms with E-state index in [1.165, 1.54) is 38.9 Å². The Bertz CT molecular complexity index is 298. The molecule has 1 atom stereocenters. The summed E-state index contributed by atoms with van der Waals surface area (Å²) in [6.07, 6.45) is 7.75. The van der Waals surface area contributed by atoms with Gasteiger partial charge in [0.1, 0.15) is 0 Å². The quantitative estimate of drug-likeness (QED) is 0.259. The van der Waals surface area contributed by atoms with Crippen molar-refractivity contribution in [1.29, 1.82) is 0 Å². The molecule has 4 nitrogen and oxygen atoms in total. The van der Waals surface area contributed by atoms with E-state index in [2.05, 4.69) is 6.92 Å². The number of hydrogen-bond acceptors (Lipinski definition) is 6. The third-order valence-electron chi connectivity index (χ3n) is 2.97. The van der Waals surface area contributed by atoms with Crippen LogP contribution in [-0.4, -0.2) is 36.2 Å². The summed E-state index contributed by atoms with van der Waals surface area (Å²) in [5, 5.41) is 0.645. The molecule has 0 fully saturated rings. The number of carbonyl (C=O) groups excluding carboxylic acids is 2. The van der Waals surface area contributed by atoms with Gasteiger partial charge in [-0.1, -0.05) is 41.4 Å². The molecule has 0 aliphatic carbocycles. The molecule has 0 radical (unpaired) electrons. The van der Waals surface area contributed by atoms with Crippen molar-refractivity contribution in [2.24, 2.45) is 0 Å². The van der Waals surface area contributed by atoms with E-state index in [1.54, 1.807) is 0 Å². The molecule has 6 heteroatoms. The smallest absolute Gasteiger partial charge is 0.302 e. The highest BCUT2D eigenvalue weighted by atomic mass is 33.1. The van der Waals surface area contributed by atoms with E-state index in [4.69, 9.17) is 9.47 Å². The van der Waals surface area contributed by atoms with Crippen molar-refractivity contribution < 1.29 is 19.1 Å². The Labute approximate surface area is 142 Å². The molecule has 0 aliphatic heterocycles. The van der Waals surface area contributed by atoms with E-state index in [9.17, 15) is 9.59 Å². The van der Waals surface area contributed by atoms with Crippen LogP contribution >= 0.6 is 21.6 Å². The van der Waals surface area contributed by atoms with Crippen LogP contribution in [0.25, 0.3) is 0 Å². The van der Waals surface area contributed by atoms with E-state index in [0.717, 1.165) is 25.7 Å². The summed E-state index contributed by atoms with van der Waals surface area (Å²) in [7, 11) is 3.90. The Morgan fingerprint density at radius 2 is 1.41 bits per heavy atom. The van der Waals surface area contributed by atoms with Crippen LogP contribution in [0.4, 0.5) is 0 Å². The SMILES string of the molecule is CC(=O)OCCCCCCSSC(C)CCCCOC(C)=O. The van der Waals surface area contributed by atoms with Crippen LogP contribution in [0.5, 0.6) is 0 Å².